The van der Waals surface area contributed by atoms with Gasteiger partial charge in [-0.3, -0.25) is 4.79 Å². The number of hydrogen-bond donors (Lipinski definition) is 1. The largest absolute Gasteiger partial charge is 0.354 e. The average Bonchev–Trinajstić information content (AvgIpc) is 3.04. The molecule has 0 fully saturated rings. The molecule has 3 aromatic rings. The van der Waals surface area contributed by atoms with Crippen LogP contribution in [0, 0.1) is 12.7 Å². The molecule has 1 aromatic heterocycles. The number of aromatic nitrogens is 2. The van der Waals surface area contributed by atoms with E-state index >= 15 is 0 Å². The Labute approximate surface area is 169 Å². The van der Waals surface area contributed by atoms with E-state index in [4.69, 9.17) is 0 Å². The lowest BCUT2D eigenvalue weighted by molar-refractivity contribution is 0.0976. The van der Waals surface area contributed by atoms with Crippen LogP contribution in [0.15, 0.2) is 54.6 Å². The number of halogens is 1. The van der Waals surface area contributed by atoms with Crippen molar-refractivity contribution in [1.82, 2.24) is 9.97 Å². The highest BCUT2D eigenvalue weighted by atomic mass is 19.1. The number of rotatable bonds is 5. The van der Waals surface area contributed by atoms with Gasteiger partial charge in [0.25, 0.3) is 5.91 Å². The molecule has 148 valence electrons. The minimum Gasteiger partial charge on any atom is -0.354 e. The van der Waals surface area contributed by atoms with Gasteiger partial charge >= 0.3 is 0 Å². The van der Waals surface area contributed by atoms with Gasteiger partial charge in [-0.25, -0.2) is 14.4 Å². The first kappa shape index (κ1) is 19.1. The summed E-state index contributed by atoms with van der Waals surface area (Å²) in [6, 6.07) is 16.2. The third-order valence-electron chi connectivity index (χ3n) is 5.11. The Hall–Kier alpha value is -3.28. The van der Waals surface area contributed by atoms with E-state index in [-0.39, 0.29) is 17.8 Å². The van der Waals surface area contributed by atoms with Crippen LogP contribution in [0.3, 0.4) is 0 Å². The van der Waals surface area contributed by atoms with Crippen LogP contribution < -0.4 is 10.2 Å². The molecule has 0 aliphatic carbocycles. The Morgan fingerprint density at radius 2 is 1.93 bits per heavy atom. The summed E-state index contributed by atoms with van der Waals surface area (Å²) < 4.78 is 13.0. The zero-order chi connectivity index (χ0) is 20.4. The van der Waals surface area contributed by atoms with Crippen LogP contribution in [-0.4, -0.2) is 28.5 Å². The smallest absolute Gasteiger partial charge is 0.277 e. The summed E-state index contributed by atoms with van der Waals surface area (Å²) in [6.45, 7) is 4.49. The van der Waals surface area contributed by atoms with Gasteiger partial charge in [-0.1, -0.05) is 30.3 Å². The zero-order valence-corrected chi connectivity index (χ0v) is 16.5. The number of para-hydroxylation sites is 1. The Bertz CT molecular complexity index is 1040. The molecule has 2 heterocycles. The van der Waals surface area contributed by atoms with Crippen molar-refractivity contribution in [1.29, 1.82) is 0 Å². The first-order valence-electron chi connectivity index (χ1n) is 9.77. The number of amides is 1. The Morgan fingerprint density at radius 3 is 2.72 bits per heavy atom. The van der Waals surface area contributed by atoms with Gasteiger partial charge in [0.05, 0.1) is 0 Å². The van der Waals surface area contributed by atoms with Crippen LogP contribution >= 0.6 is 0 Å². The van der Waals surface area contributed by atoms with Crippen molar-refractivity contribution in [2.45, 2.75) is 32.7 Å². The number of hydrogen-bond acceptors (Lipinski definition) is 4. The fourth-order valence-corrected chi connectivity index (χ4v) is 3.73. The van der Waals surface area contributed by atoms with E-state index in [9.17, 15) is 9.18 Å². The molecule has 0 radical (unpaired) electrons. The van der Waals surface area contributed by atoms with Gasteiger partial charge in [0.2, 0.25) is 5.95 Å². The lowest BCUT2D eigenvalue weighted by Gasteiger charge is -2.22. The summed E-state index contributed by atoms with van der Waals surface area (Å²) in [5, 5.41) is 3.18. The standard InChI is InChI=1S/C23H23FN4O/c1-15-13-20(22(29)28-16(2)14-18-5-3-4-6-21(18)28)27-23(26-15)25-12-11-17-7-9-19(24)10-8-17/h3-10,13,16H,11-12,14H2,1-2H3,(H,25,26,27). The summed E-state index contributed by atoms with van der Waals surface area (Å²) in [4.78, 5) is 23.9. The highest BCUT2D eigenvalue weighted by Crippen LogP contribution is 2.32. The quantitative estimate of drug-likeness (QED) is 0.710. The second-order valence-corrected chi connectivity index (χ2v) is 7.38. The zero-order valence-electron chi connectivity index (χ0n) is 16.5. The van der Waals surface area contributed by atoms with Crippen molar-refractivity contribution >= 4 is 17.5 Å². The monoisotopic (exact) mass is 390 g/mol. The van der Waals surface area contributed by atoms with E-state index in [0.717, 1.165) is 23.4 Å². The predicted molar refractivity (Wildman–Crippen MR) is 112 cm³/mol. The SMILES string of the molecule is Cc1cc(C(=O)N2c3ccccc3CC2C)nc(NCCc2ccc(F)cc2)n1. The van der Waals surface area contributed by atoms with Gasteiger partial charge in [0.1, 0.15) is 11.5 Å². The minimum absolute atomic E-state index is 0.0880. The second kappa shape index (κ2) is 7.99. The molecule has 1 aliphatic rings. The summed E-state index contributed by atoms with van der Waals surface area (Å²) in [5.41, 5.74) is 4.26. The highest BCUT2D eigenvalue weighted by Gasteiger charge is 2.32. The molecular weight excluding hydrogens is 367 g/mol. The molecule has 1 unspecified atom stereocenters. The maximum absolute atomic E-state index is 13.2. The summed E-state index contributed by atoms with van der Waals surface area (Å²) >= 11 is 0. The third-order valence-corrected chi connectivity index (χ3v) is 5.11. The number of fused-ring (bicyclic) bond motifs is 1. The maximum Gasteiger partial charge on any atom is 0.277 e. The molecule has 1 aliphatic heterocycles. The molecule has 0 saturated heterocycles. The summed E-state index contributed by atoms with van der Waals surface area (Å²) in [6.07, 6.45) is 1.55. The van der Waals surface area contributed by atoms with E-state index in [0.29, 0.717) is 24.6 Å². The minimum atomic E-state index is -0.246. The fraction of sp³-hybridized carbons (Fsp3) is 0.261. The van der Waals surface area contributed by atoms with Gasteiger partial charge in [-0.05, 0) is 62.1 Å². The molecule has 5 nitrogen and oxygen atoms in total. The molecule has 4 rings (SSSR count). The number of carbonyl (C=O) groups is 1. The molecule has 0 spiro atoms. The molecule has 1 amide bonds. The topological polar surface area (TPSA) is 58.1 Å². The van der Waals surface area contributed by atoms with Crippen LogP contribution in [0.4, 0.5) is 16.0 Å². The summed E-state index contributed by atoms with van der Waals surface area (Å²) in [7, 11) is 0. The van der Waals surface area contributed by atoms with E-state index in [1.807, 2.05) is 36.9 Å². The van der Waals surface area contributed by atoms with E-state index in [1.165, 1.54) is 17.7 Å². The first-order valence-corrected chi connectivity index (χ1v) is 9.77. The van der Waals surface area contributed by atoms with Crippen LogP contribution in [0.25, 0.3) is 0 Å². The molecule has 0 saturated carbocycles. The molecule has 1 atom stereocenters. The van der Waals surface area contributed by atoms with Crippen molar-refractivity contribution in [3.63, 3.8) is 0 Å². The number of carbonyl (C=O) groups excluding carboxylic acids is 1. The van der Waals surface area contributed by atoms with Crippen LogP contribution in [0.5, 0.6) is 0 Å². The van der Waals surface area contributed by atoms with Crippen molar-refractivity contribution in [2.75, 3.05) is 16.8 Å². The highest BCUT2D eigenvalue weighted by molar-refractivity contribution is 6.06. The third kappa shape index (κ3) is 4.11. The number of nitrogens with one attached hydrogen (secondary N) is 1. The van der Waals surface area contributed by atoms with Gasteiger partial charge in [0, 0.05) is 24.0 Å². The van der Waals surface area contributed by atoms with Crippen LogP contribution in [0.2, 0.25) is 0 Å². The average molecular weight is 390 g/mol. The molecule has 0 bridgehead atoms. The van der Waals surface area contributed by atoms with Gasteiger partial charge in [-0.15, -0.1) is 0 Å². The number of nitrogens with zero attached hydrogens (tertiary/aromatic N) is 3. The van der Waals surface area contributed by atoms with E-state index < -0.39 is 0 Å². The first-order chi connectivity index (χ1) is 14.0. The van der Waals surface area contributed by atoms with Crippen molar-refractivity contribution in [2.24, 2.45) is 0 Å². The van der Waals surface area contributed by atoms with Crippen molar-refractivity contribution in [3.05, 3.63) is 82.9 Å². The number of benzene rings is 2. The van der Waals surface area contributed by atoms with Gasteiger partial charge < -0.3 is 10.2 Å². The van der Waals surface area contributed by atoms with Crippen molar-refractivity contribution in [3.8, 4) is 0 Å². The van der Waals surface area contributed by atoms with Crippen molar-refractivity contribution < 1.29 is 9.18 Å². The summed E-state index contributed by atoms with van der Waals surface area (Å²) in [5.74, 6) is 0.0646. The maximum atomic E-state index is 13.2. The van der Waals surface area contributed by atoms with E-state index in [1.54, 1.807) is 18.2 Å². The molecule has 2 aromatic carbocycles. The Kier molecular flexibility index (Phi) is 5.25. The van der Waals surface area contributed by atoms with Gasteiger partial charge in [-0.2, -0.15) is 0 Å². The molecular formula is C23H23FN4O. The molecule has 6 heteroatoms. The molecule has 29 heavy (non-hydrogen) atoms. The normalized spacial score (nSPS) is 15.3. The Balaban J connectivity index is 1.49. The second-order valence-electron chi connectivity index (χ2n) is 7.38. The predicted octanol–water partition coefficient (Wildman–Crippen LogP) is 4.17. The van der Waals surface area contributed by atoms with Crippen LogP contribution in [0.1, 0.15) is 34.2 Å². The Morgan fingerprint density at radius 1 is 1.17 bits per heavy atom. The van der Waals surface area contributed by atoms with Gasteiger partial charge in [0.15, 0.2) is 0 Å². The number of aryl methyl sites for hydroxylation is 1. The fourth-order valence-electron chi connectivity index (χ4n) is 3.73. The lowest BCUT2D eigenvalue weighted by Crippen LogP contribution is -2.36. The van der Waals surface area contributed by atoms with Crippen LogP contribution in [-0.2, 0) is 12.8 Å². The number of anilines is 2. The molecule has 1 N–H and O–H groups in total. The van der Waals surface area contributed by atoms with E-state index in [2.05, 4.69) is 21.4 Å². The lowest BCUT2D eigenvalue weighted by atomic mass is 10.1.